The Bertz CT molecular complexity index is 802. The standard InChI is InChI=1S/C20H21FN2O2/c1-20(24,14-23-11-10-22-15-23)18-13-17(21)7-8-19(18)25-12-9-16-5-3-2-4-6-16/h2-8,10-11,13,15,24H,9,12,14H2,1H3. The van der Waals surface area contributed by atoms with Crippen LogP contribution in [0.5, 0.6) is 5.75 Å². The highest BCUT2D eigenvalue weighted by Crippen LogP contribution is 2.32. The van der Waals surface area contributed by atoms with Gasteiger partial charge in [-0.25, -0.2) is 9.37 Å². The van der Waals surface area contributed by atoms with Gasteiger partial charge >= 0.3 is 0 Å². The van der Waals surface area contributed by atoms with E-state index in [0.717, 1.165) is 12.0 Å². The lowest BCUT2D eigenvalue weighted by atomic mass is 9.94. The molecule has 0 saturated heterocycles. The minimum atomic E-state index is -1.29. The molecule has 1 heterocycles. The summed E-state index contributed by atoms with van der Waals surface area (Å²) in [7, 11) is 0. The molecular formula is C20H21FN2O2. The smallest absolute Gasteiger partial charge is 0.125 e. The average molecular weight is 340 g/mol. The highest BCUT2D eigenvalue weighted by molar-refractivity contribution is 5.38. The summed E-state index contributed by atoms with van der Waals surface area (Å²) in [5.41, 5.74) is 0.302. The van der Waals surface area contributed by atoms with Crippen LogP contribution >= 0.6 is 0 Å². The third-order valence-electron chi connectivity index (χ3n) is 4.06. The Morgan fingerprint density at radius 3 is 2.72 bits per heavy atom. The van der Waals surface area contributed by atoms with E-state index in [-0.39, 0.29) is 6.54 Å². The first-order valence-corrected chi connectivity index (χ1v) is 8.19. The molecule has 0 fully saturated rings. The van der Waals surface area contributed by atoms with Crippen LogP contribution < -0.4 is 4.74 Å². The number of rotatable bonds is 7. The minimum absolute atomic E-state index is 0.255. The fraction of sp³-hybridized carbons (Fsp3) is 0.250. The third kappa shape index (κ3) is 4.45. The SMILES string of the molecule is CC(O)(Cn1ccnc1)c1cc(F)ccc1OCCc1ccccc1. The van der Waals surface area contributed by atoms with Gasteiger partial charge in [0, 0.05) is 24.4 Å². The molecule has 5 heteroatoms. The Balaban J connectivity index is 1.75. The summed E-state index contributed by atoms with van der Waals surface area (Å²) in [5, 5.41) is 10.9. The quantitative estimate of drug-likeness (QED) is 0.715. The first-order chi connectivity index (χ1) is 12.0. The lowest BCUT2D eigenvalue weighted by molar-refractivity contribution is 0.0349. The molecule has 1 atom stereocenters. The molecule has 2 aromatic carbocycles. The highest BCUT2D eigenvalue weighted by atomic mass is 19.1. The number of halogens is 1. The second-order valence-corrected chi connectivity index (χ2v) is 6.23. The molecule has 3 rings (SSSR count). The molecule has 0 spiro atoms. The number of benzene rings is 2. The summed E-state index contributed by atoms with van der Waals surface area (Å²) in [6.07, 6.45) is 5.74. The van der Waals surface area contributed by atoms with E-state index in [0.29, 0.717) is 17.9 Å². The molecule has 0 amide bonds. The van der Waals surface area contributed by atoms with Gasteiger partial charge in [-0.05, 0) is 30.7 Å². The zero-order valence-corrected chi connectivity index (χ0v) is 14.1. The van der Waals surface area contributed by atoms with Crippen molar-refractivity contribution in [3.05, 3.63) is 84.2 Å². The van der Waals surface area contributed by atoms with Crippen molar-refractivity contribution in [2.75, 3.05) is 6.61 Å². The highest BCUT2D eigenvalue weighted by Gasteiger charge is 2.28. The molecule has 1 unspecified atom stereocenters. The summed E-state index contributed by atoms with van der Waals surface area (Å²) >= 11 is 0. The van der Waals surface area contributed by atoms with Crippen LogP contribution in [0.4, 0.5) is 4.39 Å². The monoisotopic (exact) mass is 340 g/mol. The lowest BCUT2D eigenvalue weighted by Crippen LogP contribution is -2.28. The third-order valence-corrected chi connectivity index (χ3v) is 4.06. The van der Waals surface area contributed by atoms with Gasteiger partial charge in [-0.1, -0.05) is 30.3 Å². The predicted octanol–water partition coefficient (Wildman–Crippen LogP) is 3.55. The zero-order chi connectivity index (χ0) is 17.7. The summed E-state index contributed by atoms with van der Waals surface area (Å²) in [6.45, 7) is 2.35. The van der Waals surface area contributed by atoms with E-state index in [1.165, 1.54) is 12.1 Å². The van der Waals surface area contributed by atoms with E-state index in [1.54, 1.807) is 36.3 Å². The van der Waals surface area contributed by atoms with Gasteiger partial charge in [-0.3, -0.25) is 0 Å². The topological polar surface area (TPSA) is 47.3 Å². The summed E-state index contributed by atoms with van der Waals surface area (Å²) < 4.78 is 21.4. The Kier molecular flexibility index (Phi) is 5.14. The van der Waals surface area contributed by atoms with Crippen molar-refractivity contribution in [3.63, 3.8) is 0 Å². The van der Waals surface area contributed by atoms with Crippen molar-refractivity contribution >= 4 is 0 Å². The number of imidazole rings is 1. The van der Waals surface area contributed by atoms with Gasteiger partial charge in [0.05, 0.1) is 19.5 Å². The normalized spacial score (nSPS) is 13.4. The molecule has 1 N–H and O–H groups in total. The van der Waals surface area contributed by atoms with Crippen molar-refractivity contribution in [2.45, 2.75) is 25.5 Å². The fourth-order valence-corrected chi connectivity index (χ4v) is 2.79. The van der Waals surface area contributed by atoms with E-state index in [2.05, 4.69) is 4.98 Å². The number of hydrogen-bond donors (Lipinski definition) is 1. The number of aromatic nitrogens is 2. The lowest BCUT2D eigenvalue weighted by Gasteiger charge is -2.26. The molecule has 0 aliphatic rings. The van der Waals surface area contributed by atoms with Crippen molar-refractivity contribution < 1.29 is 14.2 Å². The summed E-state index contributed by atoms with van der Waals surface area (Å²) in [4.78, 5) is 3.97. The largest absolute Gasteiger partial charge is 0.493 e. The zero-order valence-electron chi connectivity index (χ0n) is 14.1. The van der Waals surface area contributed by atoms with E-state index < -0.39 is 11.4 Å². The van der Waals surface area contributed by atoms with Crippen molar-refractivity contribution in [1.29, 1.82) is 0 Å². The van der Waals surface area contributed by atoms with Crippen LogP contribution in [0.1, 0.15) is 18.1 Å². The van der Waals surface area contributed by atoms with Crippen molar-refractivity contribution in [3.8, 4) is 5.75 Å². The van der Waals surface area contributed by atoms with Gasteiger partial charge in [0.15, 0.2) is 0 Å². The maximum Gasteiger partial charge on any atom is 0.125 e. The minimum Gasteiger partial charge on any atom is -0.493 e. The molecular weight excluding hydrogens is 319 g/mol. The van der Waals surface area contributed by atoms with Crippen LogP contribution in [0.2, 0.25) is 0 Å². The molecule has 1 aromatic heterocycles. The molecule has 0 aliphatic carbocycles. The van der Waals surface area contributed by atoms with Crippen LogP contribution in [0, 0.1) is 5.82 Å². The second kappa shape index (κ2) is 7.49. The van der Waals surface area contributed by atoms with Crippen molar-refractivity contribution in [1.82, 2.24) is 9.55 Å². The Morgan fingerprint density at radius 2 is 2.00 bits per heavy atom. The summed E-state index contributed by atoms with van der Waals surface area (Å²) in [5.74, 6) is 0.0822. The van der Waals surface area contributed by atoms with Gasteiger partial charge < -0.3 is 14.4 Å². The molecule has 0 saturated carbocycles. The Labute approximate surface area is 146 Å². The van der Waals surface area contributed by atoms with Gasteiger partial charge in [0.1, 0.15) is 17.2 Å². The molecule has 4 nitrogen and oxygen atoms in total. The Hall–Kier alpha value is -2.66. The van der Waals surface area contributed by atoms with Crippen LogP contribution in [-0.2, 0) is 18.6 Å². The van der Waals surface area contributed by atoms with Crippen LogP contribution in [0.25, 0.3) is 0 Å². The number of nitrogens with zero attached hydrogens (tertiary/aromatic N) is 2. The van der Waals surface area contributed by atoms with E-state index in [9.17, 15) is 9.50 Å². The maximum absolute atomic E-state index is 13.8. The number of hydrogen-bond acceptors (Lipinski definition) is 3. The van der Waals surface area contributed by atoms with Gasteiger partial charge in [-0.2, -0.15) is 0 Å². The second-order valence-electron chi connectivity index (χ2n) is 6.23. The predicted molar refractivity (Wildman–Crippen MR) is 93.8 cm³/mol. The molecule has 0 aliphatic heterocycles. The molecule has 3 aromatic rings. The van der Waals surface area contributed by atoms with Gasteiger partial charge in [0.25, 0.3) is 0 Å². The number of aliphatic hydroxyl groups is 1. The van der Waals surface area contributed by atoms with E-state index in [1.807, 2.05) is 30.3 Å². The Morgan fingerprint density at radius 1 is 1.20 bits per heavy atom. The molecule has 25 heavy (non-hydrogen) atoms. The van der Waals surface area contributed by atoms with Crippen molar-refractivity contribution in [2.24, 2.45) is 0 Å². The molecule has 0 bridgehead atoms. The van der Waals surface area contributed by atoms with E-state index in [4.69, 9.17) is 4.74 Å². The number of ether oxygens (including phenoxy) is 1. The first kappa shape index (κ1) is 17.2. The molecule has 130 valence electrons. The first-order valence-electron chi connectivity index (χ1n) is 8.19. The fourth-order valence-electron chi connectivity index (χ4n) is 2.79. The van der Waals surface area contributed by atoms with Crippen LogP contribution in [0.3, 0.4) is 0 Å². The maximum atomic E-state index is 13.8. The van der Waals surface area contributed by atoms with Crippen LogP contribution in [0.15, 0.2) is 67.3 Å². The van der Waals surface area contributed by atoms with Gasteiger partial charge in [-0.15, -0.1) is 0 Å². The van der Waals surface area contributed by atoms with Gasteiger partial charge in [0.2, 0.25) is 0 Å². The average Bonchev–Trinajstić information content (AvgIpc) is 3.09. The molecule has 0 radical (unpaired) electrons. The summed E-state index contributed by atoms with van der Waals surface area (Å²) in [6, 6.07) is 14.2. The van der Waals surface area contributed by atoms with E-state index >= 15 is 0 Å². The van der Waals surface area contributed by atoms with Crippen LogP contribution in [-0.4, -0.2) is 21.3 Å².